The van der Waals surface area contributed by atoms with Crippen molar-refractivity contribution in [3.05, 3.63) is 48.5 Å². The summed E-state index contributed by atoms with van der Waals surface area (Å²) in [5, 5.41) is 8.54. The summed E-state index contributed by atoms with van der Waals surface area (Å²) in [6, 6.07) is 14.3. The van der Waals surface area contributed by atoms with E-state index in [1.165, 1.54) is 6.42 Å². The maximum atomic E-state index is 12.4. The van der Waals surface area contributed by atoms with Gasteiger partial charge in [-0.1, -0.05) is 12.5 Å². The van der Waals surface area contributed by atoms with Crippen molar-refractivity contribution in [2.45, 2.75) is 19.3 Å². The quantitative estimate of drug-likeness (QED) is 0.407. The van der Waals surface area contributed by atoms with Gasteiger partial charge in [-0.2, -0.15) is 0 Å². The second-order valence-electron chi connectivity index (χ2n) is 7.96. The average Bonchev–Trinajstić information content (AvgIpc) is 2.80. The number of nitrogens with zero attached hydrogens (tertiary/aromatic N) is 2. The van der Waals surface area contributed by atoms with Crippen LogP contribution >= 0.6 is 23.2 Å². The van der Waals surface area contributed by atoms with Gasteiger partial charge in [-0.25, -0.2) is 4.79 Å². The monoisotopic (exact) mass is 491 g/mol. The Balaban J connectivity index is 1.51. The lowest BCUT2D eigenvalue weighted by molar-refractivity contribution is -0.117. The van der Waals surface area contributed by atoms with E-state index < -0.39 is 0 Å². The summed E-state index contributed by atoms with van der Waals surface area (Å²) >= 11 is 11.7. The maximum Gasteiger partial charge on any atom is 0.323 e. The number of benzene rings is 2. The maximum absolute atomic E-state index is 12.4. The van der Waals surface area contributed by atoms with Gasteiger partial charge < -0.3 is 20.9 Å². The van der Waals surface area contributed by atoms with Gasteiger partial charge in [0, 0.05) is 47.6 Å². The van der Waals surface area contributed by atoms with Gasteiger partial charge in [-0.15, -0.1) is 23.2 Å². The van der Waals surface area contributed by atoms with Crippen LogP contribution in [0.5, 0.6) is 0 Å². The molecule has 178 valence electrons. The molecule has 3 rings (SSSR count). The number of hydrogen-bond donors (Lipinski definition) is 3. The highest BCUT2D eigenvalue weighted by Crippen LogP contribution is 2.20. The second-order valence-corrected chi connectivity index (χ2v) is 8.71. The molecule has 0 saturated carbocycles. The SMILES string of the molecule is O=C(CN1CCCCC1)Nc1cccc(NC(=O)Nc2ccc(N(CCCl)CCCl)cc2)c1. The third-order valence-corrected chi connectivity index (χ3v) is 5.76. The molecule has 3 amide bonds. The van der Waals surface area contributed by atoms with Crippen LogP contribution < -0.4 is 20.9 Å². The van der Waals surface area contributed by atoms with Crippen LogP contribution in [0.2, 0.25) is 0 Å². The Labute approximate surface area is 205 Å². The van der Waals surface area contributed by atoms with Gasteiger partial charge in [0.25, 0.3) is 0 Å². The van der Waals surface area contributed by atoms with Gasteiger partial charge in [0.2, 0.25) is 5.91 Å². The lowest BCUT2D eigenvalue weighted by Crippen LogP contribution is -2.36. The molecule has 0 radical (unpaired) electrons. The summed E-state index contributed by atoms with van der Waals surface area (Å²) in [5.41, 5.74) is 2.90. The average molecular weight is 492 g/mol. The molecule has 1 aliphatic rings. The molecule has 0 bridgehead atoms. The zero-order valence-electron chi connectivity index (χ0n) is 18.7. The highest BCUT2D eigenvalue weighted by Gasteiger charge is 2.14. The van der Waals surface area contributed by atoms with Crippen molar-refractivity contribution in [2.24, 2.45) is 0 Å². The standard InChI is InChI=1S/C24H31Cl2N5O2/c25-11-15-31(16-12-26)22-9-7-19(8-10-22)28-24(33)29-21-6-4-5-20(17-21)27-23(32)18-30-13-2-1-3-14-30/h4-10,17H,1-3,11-16,18H2,(H,27,32)(H2,28,29,33). The third kappa shape index (κ3) is 8.42. The van der Waals surface area contributed by atoms with E-state index in [-0.39, 0.29) is 11.9 Å². The number of rotatable bonds is 10. The van der Waals surface area contributed by atoms with Crippen molar-refractivity contribution in [1.29, 1.82) is 0 Å². The Kier molecular flexibility index (Phi) is 10.1. The predicted molar refractivity (Wildman–Crippen MR) is 138 cm³/mol. The molecule has 2 aromatic carbocycles. The number of urea groups is 1. The molecule has 9 heteroatoms. The van der Waals surface area contributed by atoms with Crippen LogP contribution in [0, 0.1) is 0 Å². The topological polar surface area (TPSA) is 76.7 Å². The van der Waals surface area contributed by atoms with E-state index >= 15 is 0 Å². The van der Waals surface area contributed by atoms with E-state index in [2.05, 4.69) is 25.8 Å². The summed E-state index contributed by atoms with van der Waals surface area (Å²) in [6.45, 7) is 3.72. The highest BCUT2D eigenvalue weighted by atomic mass is 35.5. The minimum absolute atomic E-state index is 0.0454. The fourth-order valence-corrected chi connectivity index (χ4v) is 4.23. The number of amides is 3. The van der Waals surface area contributed by atoms with E-state index in [9.17, 15) is 9.59 Å². The smallest absolute Gasteiger partial charge is 0.323 e. The zero-order valence-corrected chi connectivity index (χ0v) is 20.2. The fourth-order valence-electron chi connectivity index (χ4n) is 3.82. The van der Waals surface area contributed by atoms with E-state index in [0.29, 0.717) is 48.5 Å². The van der Waals surface area contributed by atoms with Crippen molar-refractivity contribution in [3.8, 4) is 0 Å². The zero-order chi connectivity index (χ0) is 23.5. The van der Waals surface area contributed by atoms with Gasteiger partial charge in [0.1, 0.15) is 0 Å². The number of piperidine rings is 1. The molecule has 3 N–H and O–H groups in total. The first-order valence-electron chi connectivity index (χ1n) is 11.2. The Morgan fingerprint density at radius 3 is 2.06 bits per heavy atom. The Hall–Kier alpha value is -2.48. The summed E-state index contributed by atoms with van der Waals surface area (Å²) in [7, 11) is 0. The van der Waals surface area contributed by atoms with Gasteiger partial charge in [-0.3, -0.25) is 9.69 Å². The normalized spacial score (nSPS) is 13.9. The van der Waals surface area contributed by atoms with E-state index in [1.54, 1.807) is 18.2 Å². The Morgan fingerprint density at radius 1 is 0.818 bits per heavy atom. The van der Waals surface area contributed by atoms with Crippen molar-refractivity contribution >= 4 is 57.9 Å². The van der Waals surface area contributed by atoms with E-state index in [0.717, 1.165) is 31.6 Å². The Morgan fingerprint density at radius 2 is 1.42 bits per heavy atom. The summed E-state index contributed by atoms with van der Waals surface area (Å²) < 4.78 is 0. The van der Waals surface area contributed by atoms with Crippen LogP contribution in [0.25, 0.3) is 0 Å². The lowest BCUT2D eigenvalue weighted by Gasteiger charge is -2.25. The van der Waals surface area contributed by atoms with Crippen molar-refractivity contribution in [2.75, 3.05) is 65.3 Å². The van der Waals surface area contributed by atoms with Crippen molar-refractivity contribution < 1.29 is 9.59 Å². The van der Waals surface area contributed by atoms with Crippen LogP contribution in [0.4, 0.5) is 27.5 Å². The minimum Gasteiger partial charge on any atom is -0.369 e. The molecule has 0 spiro atoms. The molecule has 1 heterocycles. The van der Waals surface area contributed by atoms with Crippen LogP contribution in [-0.4, -0.2) is 61.3 Å². The second kappa shape index (κ2) is 13.3. The number of nitrogens with one attached hydrogen (secondary N) is 3. The lowest BCUT2D eigenvalue weighted by atomic mass is 10.1. The van der Waals surface area contributed by atoms with Crippen LogP contribution in [-0.2, 0) is 4.79 Å². The largest absolute Gasteiger partial charge is 0.369 e. The molecule has 1 fully saturated rings. The van der Waals surface area contributed by atoms with Crippen molar-refractivity contribution in [1.82, 2.24) is 4.90 Å². The van der Waals surface area contributed by atoms with Gasteiger partial charge in [-0.05, 0) is 68.4 Å². The third-order valence-electron chi connectivity index (χ3n) is 5.42. The first kappa shape index (κ1) is 25.1. The molecular formula is C24H31Cl2N5O2. The number of likely N-dealkylation sites (tertiary alicyclic amines) is 1. The van der Waals surface area contributed by atoms with Crippen LogP contribution in [0.1, 0.15) is 19.3 Å². The first-order valence-corrected chi connectivity index (χ1v) is 12.3. The predicted octanol–water partition coefficient (Wildman–Crippen LogP) is 5.04. The number of anilines is 4. The molecule has 0 unspecified atom stereocenters. The summed E-state index contributed by atoms with van der Waals surface area (Å²) in [4.78, 5) is 29.0. The number of hydrogen-bond acceptors (Lipinski definition) is 4. The summed E-state index contributed by atoms with van der Waals surface area (Å²) in [5.74, 6) is 0.977. The first-order chi connectivity index (χ1) is 16.1. The van der Waals surface area contributed by atoms with Gasteiger partial charge >= 0.3 is 6.03 Å². The number of halogens is 2. The van der Waals surface area contributed by atoms with E-state index in [4.69, 9.17) is 23.2 Å². The number of carbonyl (C=O) groups is 2. The molecule has 0 aliphatic carbocycles. The molecule has 33 heavy (non-hydrogen) atoms. The molecule has 0 aromatic heterocycles. The highest BCUT2D eigenvalue weighted by molar-refractivity contribution is 6.18. The fraction of sp³-hybridized carbons (Fsp3) is 0.417. The molecule has 2 aromatic rings. The van der Waals surface area contributed by atoms with E-state index in [1.807, 2.05) is 30.3 Å². The van der Waals surface area contributed by atoms with Gasteiger partial charge in [0.15, 0.2) is 0 Å². The Bertz CT molecular complexity index is 898. The van der Waals surface area contributed by atoms with Gasteiger partial charge in [0.05, 0.1) is 6.54 Å². The number of carbonyl (C=O) groups excluding carboxylic acids is 2. The molecule has 7 nitrogen and oxygen atoms in total. The molecular weight excluding hydrogens is 461 g/mol. The minimum atomic E-state index is -0.363. The molecule has 1 saturated heterocycles. The molecule has 1 aliphatic heterocycles. The van der Waals surface area contributed by atoms with Crippen molar-refractivity contribution in [3.63, 3.8) is 0 Å². The summed E-state index contributed by atoms with van der Waals surface area (Å²) in [6.07, 6.45) is 3.52. The molecule has 0 atom stereocenters. The number of alkyl halides is 2. The van der Waals surface area contributed by atoms with Crippen LogP contribution in [0.3, 0.4) is 0 Å². The van der Waals surface area contributed by atoms with Crippen LogP contribution in [0.15, 0.2) is 48.5 Å².